The number of carbonyl (C=O) groups is 1. The predicted octanol–water partition coefficient (Wildman–Crippen LogP) is 2.25. The van der Waals surface area contributed by atoms with E-state index in [0.717, 1.165) is 38.2 Å². The molecule has 1 atom stereocenters. The molecule has 1 fully saturated rings. The van der Waals surface area contributed by atoms with Crippen molar-refractivity contribution < 1.29 is 4.79 Å². The first-order valence-corrected chi connectivity index (χ1v) is 9.55. The maximum Gasteiger partial charge on any atom is 0.317 e. The summed E-state index contributed by atoms with van der Waals surface area (Å²) in [5.41, 5.74) is 0. The Morgan fingerprint density at radius 1 is 1.38 bits per heavy atom. The molecule has 26 heavy (non-hydrogen) atoms. The van der Waals surface area contributed by atoms with E-state index in [4.69, 9.17) is 0 Å². The molecule has 2 aromatic heterocycles. The molecule has 2 aromatic rings. The SMILES string of the molecule is CC(C)n1cnnc1CCNC(=O)N1CCCCC1CCn1cccn1. The normalized spacial score (nSPS) is 17.7. The van der Waals surface area contributed by atoms with E-state index < -0.39 is 0 Å². The molecule has 0 aromatic carbocycles. The summed E-state index contributed by atoms with van der Waals surface area (Å²) in [5.74, 6) is 0.911. The fourth-order valence-electron chi connectivity index (χ4n) is 3.54. The molecule has 0 aliphatic carbocycles. The molecule has 0 bridgehead atoms. The molecule has 1 saturated heterocycles. The Labute approximate surface area is 154 Å². The summed E-state index contributed by atoms with van der Waals surface area (Å²) in [6.07, 6.45) is 10.5. The number of carbonyl (C=O) groups excluding carboxylic acids is 1. The number of hydrogen-bond acceptors (Lipinski definition) is 4. The van der Waals surface area contributed by atoms with Crippen LogP contribution in [-0.4, -0.2) is 54.6 Å². The van der Waals surface area contributed by atoms with Crippen molar-refractivity contribution in [3.8, 4) is 0 Å². The number of nitrogens with zero attached hydrogens (tertiary/aromatic N) is 6. The van der Waals surface area contributed by atoms with Crippen LogP contribution in [0.5, 0.6) is 0 Å². The van der Waals surface area contributed by atoms with E-state index in [1.807, 2.05) is 26.4 Å². The number of nitrogens with one attached hydrogen (secondary N) is 1. The van der Waals surface area contributed by atoms with Crippen LogP contribution in [0.3, 0.4) is 0 Å². The van der Waals surface area contributed by atoms with Crippen molar-refractivity contribution in [1.29, 1.82) is 0 Å². The van der Waals surface area contributed by atoms with Gasteiger partial charge < -0.3 is 14.8 Å². The van der Waals surface area contributed by atoms with Gasteiger partial charge in [0.25, 0.3) is 0 Å². The quantitative estimate of drug-likeness (QED) is 0.822. The summed E-state index contributed by atoms with van der Waals surface area (Å²) in [6.45, 7) is 6.45. The van der Waals surface area contributed by atoms with Gasteiger partial charge in [-0.05, 0) is 45.6 Å². The Kier molecular flexibility index (Phi) is 6.25. The molecule has 8 heteroatoms. The van der Waals surface area contributed by atoms with Gasteiger partial charge in [0.15, 0.2) is 0 Å². The average molecular weight is 359 g/mol. The van der Waals surface area contributed by atoms with E-state index in [-0.39, 0.29) is 12.1 Å². The van der Waals surface area contributed by atoms with Crippen molar-refractivity contribution in [1.82, 2.24) is 34.8 Å². The van der Waals surface area contributed by atoms with Crippen LogP contribution in [0.4, 0.5) is 4.79 Å². The van der Waals surface area contributed by atoms with Crippen LogP contribution in [0.1, 0.15) is 51.4 Å². The second-order valence-corrected chi connectivity index (χ2v) is 7.13. The Morgan fingerprint density at radius 2 is 2.27 bits per heavy atom. The molecule has 1 unspecified atom stereocenters. The van der Waals surface area contributed by atoms with Crippen molar-refractivity contribution in [2.45, 2.75) is 64.6 Å². The number of urea groups is 1. The minimum absolute atomic E-state index is 0.0331. The van der Waals surface area contributed by atoms with Crippen LogP contribution in [-0.2, 0) is 13.0 Å². The first-order valence-electron chi connectivity index (χ1n) is 9.55. The molecule has 0 spiro atoms. The van der Waals surface area contributed by atoms with Crippen molar-refractivity contribution >= 4 is 6.03 Å². The highest BCUT2D eigenvalue weighted by molar-refractivity contribution is 5.74. The largest absolute Gasteiger partial charge is 0.338 e. The summed E-state index contributed by atoms with van der Waals surface area (Å²) in [5, 5.41) is 15.4. The Balaban J connectivity index is 1.49. The molecular weight excluding hydrogens is 330 g/mol. The molecule has 3 heterocycles. The molecule has 1 aliphatic rings. The minimum Gasteiger partial charge on any atom is -0.338 e. The zero-order chi connectivity index (χ0) is 18.4. The van der Waals surface area contributed by atoms with E-state index in [1.165, 1.54) is 6.42 Å². The van der Waals surface area contributed by atoms with E-state index in [0.29, 0.717) is 19.0 Å². The maximum atomic E-state index is 12.7. The zero-order valence-electron chi connectivity index (χ0n) is 15.7. The molecule has 2 amide bonds. The molecule has 1 N–H and O–H groups in total. The Hall–Kier alpha value is -2.38. The number of hydrogen-bond donors (Lipinski definition) is 1. The van der Waals surface area contributed by atoms with E-state index in [2.05, 4.69) is 34.5 Å². The molecular formula is C18H29N7O. The third-order valence-electron chi connectivity index (χ3n) is 4.97. The third-order valence-corrected chi connectivity index (χ3v) is 4.97. The number of likely N-dealkylation sites (tertiary alicyclic amines) is 1. The monoisotopic (exact) mass is 359 g/mol. The minimum atomic E-state index is 0.0331. The van der Waals surface area contributed by atoms with Gasteiger partial charge in [-0.1, -0.05) is 0 Å². The highest BCUT2D eigenvalue weighted by atomic mass is 16.2. The number of amides is 2. The molecule has 8 nitrogen and oxygen atoms in total. The average Bonchev–Trinajstić information content (AvgIpc) is 3.32. The topological polar surface area (TPSA) is 80.9 Å². The van der Waals surface area contributed by atoms with Crippen LogP contribution in [0, 0.1) is 0 Å². The van der Waals surface area contributed by atoms with Gasteiger partial charge in [-0.2, -0.15) is 5.10 Å². The lowest BCUT2D eigenvalue weighted by molar-refractivity contribution is 0.143. The van der Waals surface area contributed by atoms with E-state index in [1.54, 1.807) is 12.5 Å². The molecule has 0 radical (unpaired) electrons. The summed E-state index contributed by atoms with van der Waals surface area (Å²) in [7, 11) is 0. The smallest absolute Gasteiger partial charge is 0.317 e. The Morgan fingerprint density at radius 3 is 3.04 bits per heavy atom. The summed E-state index contributed by atoms with van der Waals surface area (Å²) in [4.78, 5) is 14.7. The lowest BCUT2D eigenvalue weighted by Gasteiger charge is -2.35. The Bertz CT molecular complexity index is 680. The van der Waals surface area contributed by atoms with Gasteiger partial charge in [0.05, 0.1) is 0 Å². The van der Waals surface area contributed by atoms with Gasteiger partial charge in [0, 0.05) is 50.5 Å². The second kappa shape index (κ2) is 8.82. The number of rotatable bonds is 7. The lowest BCUT2D eigenvalue weighted by atomic mass is 10.00. The third kappa shape index (κ3) is 4.62. The number of aryl methyl sites for hydroxylation is 1. The van der Waals surface area contributed by atoms with Crippen molar-refractivity contribution in [2.75, 3.05) is 13.1 Å². The standard InChI is InChI=1S/C18H29N7O/c1-15(2)25-14-20-22-17(25)7-10-19-18(26)24-12-4-3-6-16(24)8-13-23-11-5-9-21-23/h5,9,11,14-16H,3-4,6-8,10,12-13H2,1-2H3,(H,19,26). The summed E-state index contributed by atoms with van der Waals surface area (Å²) in [6, 6.07) is 2.57. The van der Waals surface area contributed by atoms with E-state index in [9.17, 15) is 4.79 Å². The second-order valence-electron chi connectivity index (χ2n) is 7.13. The van der Waals surface area contributed by atoms with Crippen LogP contribution in [0.15, 0.2) is 24.8 Å². The zero-order valence-corrected chi connectivity index (χ0v) is 15.7. The van der Waals surface area contributed by atoms with Gasteiger partial charge in [-0.3, -0.25) is 4.68 Å². The van der Waals surface area contributed by atoms with Crippen LogP contribution in [0.2, 0.25) is 0 Å². The highest BCUT2D eigenvalue weighted by Gasteiger charge is 2.26. The fourth-order valence-corrected chi connectivity index (χ4v) is 3.54. The summed E-state index contributed by atoms with van der Waals surface area (Å²) >= 11 is 0. The maximum absolute atomic E-state index is 12.7. The fraction of sp³-hybridized carbons (Fsp3) is 0.667. The molecule has 1 aliphatic heterocycles. The van der Waals surface area contributed by atoms with Gasteiger partial charge in [-0.15, -0.1) is 10.2 Å². The van der Waals surface area contributed by atoms with Gasteiger partial charge in [0.1, 0.15) is 12.2 Å². The van der Waals surface area contributed by atoms with Crippen LogP contribution >= 0.6 is 0 Å². The first kappa shape index (κ1) is 18.4. The van der Waals surface area contributed by atoms with Crippen molar-refractivity contribution in [3.05, 3.63) is 30.6 Å². The lowest BCUT2D eigenvalue weighted by Crippen LogP contribution is -2.49. The highest BCUT2D eigenvalue weighted by Crippen LogP contribution is 2.20. The van der Waals surface area contributed by atoms with Crippen LogP contribution < -0.4 is 5.32 Å². The van der Waals surface area contributed by atoms with Gasteiger partial charge in [0.2, 0.25) is 0 Å². The predicted molar refractivity (Wildman–Crippen MR) is 98.7 cm³/mol. The molecule has 0 saturated carbocycles. The molecule has 142 valence electrons. The van der Waals surface area contributed by atoms with Gasteiger partial charge >= 0.3 is 6.03 Å². The van der Waals surface area contributed by atoms with Crippen molar-refractivity contribution in [2.24, 2.45) is 0 Å². The number of aromatic nitrogens is 5. The summed E-state index contributed by atoms with van der Waals surface area (Å²) < 4.78 is 3.98. The number of piperidine rings is 1. The van der Waals surface area contributed by atoms with Crippen LogP contribution in [0.25, 0.3) is 0 Å². The van der Waals surface area contributed by atoms with Gasteiger partial charge in [-0.25, -0.2) is 4.79 Å². The van der Waals surface area contributed by atoms with E-state index >= 15 is 0 Å². The first-order chi connectivity index (χ1) is 12.6. The molecule has 3 rings (SSSR count). The van der Waals surface area contributed by atoms with Crippen molar-refractivity contribution in [3.63, 3.8) is 0 Å².